The number of ether oxygens (including phenoxy) is 1. The minimum absolute atomic E-state index is 0.497. The largest absolute Gasteiger partial charge is 0.493 e. The molecule has 1 aliphatic rings. The summed E-state index contributed by atoms with van der Waals surface area (Å²) in [6.45, 7) is 12.8. The summed E-state index contributed by atoms with van der Waals surface area (Å²) in [7, 11) is 0. The third kappa shape index (κ3) is 1.60. The fraction of sp³-hybridized carbons (Fsp3) is 0.455. The van der Waals surface area contributed by atoms with Crippen LogP contribution < -0.4 is 0 Å². The average Bonchev–Trinajstić information content (AvgIpc) is 2.49. The second kappa shape index (κ2) is 3.61. The fourth-order valence-electron chi connectivity index (χ4n) is 1.32. The van der Waals surface area contributed by atoms with Gasteiger partial charge in [0.05, 0.1) is 6.61 Å². The lowest BCUT2D eigenvalue weighted by molar-refractivity contribution is 0.257. The summed E-state index contributed by atoms with van der Waals surface area (Å²) in [5.41, 5.74) is 2.43. The Balaban J connectivity index is 2.85. The van der Waals surface area contributed by atoms with E-state index in [1.807, 2.05) is 0 Å². The topological polar surface area (TPSA) is 9.23 Å². The predicted molar refractivity (Wildman–Crippen MR) is 51.8 cm³/mol. The zero-order valence-electron chi connectivity index (χ0n) is 7.89. The van der Waals surface area contributed by atoms with E-state index < -0.39 is 0 Å². The molecule has 12 heavy (non-hydrogen) atoms. The number of hydrogen-bond donors (Lipinski definition) is 0. The first-order valence-electron chi connectivity index (χ1n) is 4.34. The molecule has 0 aliphatic carbocycles. The van der Waals surface area contributed by atoms with Crippen LogP contribution in [0, 0.1) is 5.92 Å². The van der Waals surface area contributed by atoms with Crippen LogP contribution in [-0.4, -0.2) is 6.61 Å². The number of hydrogen-bond acceptors (Lipinski definition) is 1. The molecular formula is C11H16O. The van der Waals surface area contributed by atoms with Crippen LogP contribution in [0.1, 0.15) is 20.3 Å². The van der Waals surface area contributed by atoms with E-state index in [1.54, 1.807) is 6.08 Å². The first-order chi connectivity index (χ1) is 5.66. The zero-order valence-corrected chi connectivity index (χ0v) is 7.89. The quantitative estimate of drug-likeness (QED) is 0.623. The molecular weight excluding hydrogens is 148 g/mol. The Kier molecular flexibility index (Phi) is 2.74. The molecule has 0 amide bonds. The molecule has 0 aromatic heterocycles. The van der Waals surface area contributed by atoms with Gasteiger partial charge >= 0.3 is 0 Å². The van der Waals surface area contributed by atoms with Crippen LogP contribution in [0.15, 0.2) is 36.1 Å². The van der Waals surface area contributed by atoms with Crippen molar-refractivity contribution in [2.24, 2.45) is 5.92 Å². The van der Waals surface area contributed by atoms with Crippen molar-refractivity contribution in [3.63, 3.8) is 0 Å². The first-order valence-corrected chi connectivity index (χ1v) is 4.34. The summed E-state index contributed by atoms with van der Waals surface area (Å²) < 4.78 is 5.39. The van der Waals surface area contributed by atoms with Gasteiger partial charge in [-0.1, -0.05) is 27.0 Å². The Labute approximate surface area is 74.4 Å². The maximum absolute atomic E-state index is 5.39. The Morgan fingerprint density at radius 3 is 2.75 bits per heavy atom. The molecule has 0 bridgehead atoms. The predicted octanol–water partition coefficient (Wildman–Crippen LogP) is 3.06. The monoisotopic (exact) mass is 164 g/mol. The third-order valence-electron chi connectivity index (χ3n) is 2.18. The highest BCUT2D eigenvalue weighted by Gasteiger charge is 2.17. The van der Waals surface area contributed by atoms with Gasteiger partial charge in [-0.25, -0.2) is 0 Å². The van der Waals surface area contributed by atoms with Gasteiger partial charge in [-0.15, -0.1) is 0 Å². The number of allylic oxidation sites excluding steroid dienone is 2. The summed E-state index contributed by atoms with van der Waals surface area (Å²) in [6, 6.07) is 0. The van der Waals surface area contributed by atoms with E-state index in [-0.39, 0.29) is 0 Å². The van der Waals surface area contributed by atoms with Crippen molar-refractivity contribution in [2.75, 3.05) is 6.61 Å². The van der Waals surface area contributed by atoms with Gasteiger partial charge in [0.25, 0.3) is 0 Å². The van der Waals surface area contributed by atoms with Crippen molar-refractivity contribution in [2.45, 2.75) is 20.3 Å². The molecule has 0 aromatic carbocycles. The van der Waals surface area contributed by atoms with Crippen molar-refractivity contribution < 1.29 is 4.74 Å². The maximum Gasteiger partial charge on any atom is 0.122 e. The lowest BCUT2D eigenvalue weighted by Gasteiger charge is -2.09. The third-order valence-corrected chi connectivity index (χ3v) is 2.18. The van der Waals surface area contributed by atoms with Gasteiger partial charge < -0.3 is 4.74 Å². The zero-order chi connectivity index (χ0) is 9.14. The van der Waals surface area contributed by atoms with Crippen LogP contribution in [0.3, 0.4) is 0 Å². The van der Waals surface area contributed by atoms with E-state index in [1.165, 1.54) is 11.1 Å². The molecule has 1 rings (SSSR count). The van der Waals surface area contributed by atoms with Crippen LogP contribution in [0.5, 0.6) is 0 Å². The molecule has 0 fully saturated rings. The summed E-state index contributed by atoms with van der Waals surface area (Å²) in [4.78, 5) is 0. The van der Waals surface area contributed by atoms with Gasteiger partial charge in [0.2, 0.25) is 0 Å². The molecule has 66 valence electrons. The van der Waals surface area contributed by atoms with E-state index in [2.05, 4.69) is 27.0 Å². The second-order valence-electron chi connectivity index (χ2n) is 3.33. The highest BCUT2D eigenvalue weighted by atomic mass is 16.5. The van der Waals surface area contributed by atoms with Gasteiger partial charge in [0.1, 0.15) is 5.76 Å². The van der Waals surface area contributed by atoms with E-state index in [4.69, 9.17) is 4.74 Å². The molecule has 0 saturated heterocycles. The Morgan fingerprint density at radius 2 is 2.25 bits per heavy atom. The van der Waals surface area contributed by atoms with Crippen LogP contribution in [0.4, 0.5) is 0 Å². The average molecular weight is 164 g/mol. The van der Waals surface area contributed by atoms with Crippen molar-refractivity contribution in [1.29, 1.82) is 0 Å². The van der Waals surface area contributed by atoms with Crippen molar-refractivity contribution in [1.82, 2.24) is 0 Å². The summed E-state index contributed by atoms with van der Waals surface area (Å²) in [6.07, 6.45) is 2.76. The maximum atomic E-state index is 5.39. The van der Waals surface area contributed by atoms with Crippen molar-refractivity contribution in [3.05, 3.63) is 36.1 Å². The Morgan fingerprint density at radius 1 is 1.58 bits per heavy atom. The fourth-order valence-corrected chi connectivity index (χ4v) is 1.32. The van der Waals surface area contributed by atoms with E-state index >= 15 is 0 Å². The molecule has 0 radical (unpaired) electrons. The lowest BCUT2D eigenvalue weighted by Crippen LogP contribution is -1.96. The SMILES string of the molecule is C=CC1=C(C(=C)C(C)C)CCO1. The van der Waals surface area contributed by atoms with Gasteiger partial charge in [0, 0.05) is 12.0 Å². The minimum Gasteiger partial charge on any atom is -0.493 e. The van der Waals surface area contributed by atoms with Gasteiger partial charge in [-0.05, 0) is 17.6 Å². The van der Waals surface area contributed by atoms with Gasteiger partial charge in [0.15, 0.2) is 0 Å². The molecule has 1 nitrogen and oxygen atoms in total. The lowest BCUT2D eigenvalue weighted by atomic mass is 9.95. The molecule has 0 saturated carbocycles. The first kappa shape index (κ1) is 9.11. The number of rotatable bonds is 3. The molecule has 1 heterocycles. The van der Waals surface area contributed by atoms with Crippen LogP contribution >= 0.6 is 0 Å². The second-order valence-corrected chi connectivity index (χ2v) is 3.33. The molecule has 1 aliphatic heterocycles. The van der Waals surface area contributed by atoms with Gasteiger partial charge in [-0.2, -0.15) is 0 Å². The molecule has 0 unspecified atom stereocenters. The van der Waals surface area contributed by atoms with E-state index in [0.717, 1.165) is 18.8 Å². The summed E-state index contributed by atoms with van der Waals surface area (Å²) >= 11 is 0. The Hall–Kier alpha value is -0.980. The minimum atomic E-state index is 0.497. The molecule has 0 aromatic rings. The molecule has 0 N–H and O–H groups in total. The molecule has 0 atom stereocenters. The van der Waals surface area contributed by atoms with E-state index in [0.29, 0.717) is 5.92 Å². The van der Waals surface area contributed by atoms with Crippen LogP contribution in [-0.2, 0) is 4.74 Å². The summed E-state index contributed by atoms with van der Waals surface area (Å²) in [5, 5.41) is 0. The van der Waals surface area contributed by atoms with Crippen molar-refractivity contribution >= 4 is 0 Å². The highest BCUT2D eigenvalue weighted by molar-refractivity contribution is 5.38. The van der Waals surface area contributed by atoms with Crippen LogP contribution in [0.25, 0.3) is 0 Å². The van der Waals surface area contributed by atoms with Crippen molar-refractivity contribution in [3.8, 4) is 0 Å². The Bertz CT molecular complexity index is 233. The summed E-state index contributed by atoms with van der Waals surface area (Å²) in [5.74, 6) is 1.42. The standard InChI is InChI=1S/C11H16O/c1-5-11-10(6-7-12-11)9(4)8(2)3/h5,8H,1,4,6-7H2,2-3H3. The normalized spacial score (nSPS) is 16.6. The highest BCUT2D eigenvalue weighted by Crippen LogP contribution is 2.29. The van der Waals surface area contributed by atoms with Crippen LogP contribution in [0.2, 0.25) is 0 Å². The molecule has 0 spiro atoms. The molecule has 1 heteroatoms. The smallest absolute Gasteiger partial charge is 0.122 e. The van der Waals surface area contributed by atoms with E-state index in [9.17, 15) is 0 Å². The van der Waals surface area contributed by atoms with Gasteiger partial charge in [-0.3, -0.25) is 0 Å².